The molecule has 0 bridgehead atoms. The Balaban J connectivity index is 1.66. The van der Waals surface area contributed by atoms with Gasteiger partial charge in [-0.15, -0.1) is 0 Å². The summed E-state index contributed by atoms with van der Waals surface area (Å²) in [6.45, 7) is 8.68. The molecule has 4 amide bonds. The molecule has 3 rings (SSSR count). The number of aromatic amines is 3. The molecule has 3 heterocycles. The second-order valence-corrected chi connectivity index (χ2v) is 9.43. The smallest absolute Gasteiger partial charge is 0.272 e. The summed E-state index contributed by atoms with van der Waals surface area (Å²) in [6.07, 6.45) is 4.64. The monoisotopic (exact) mass is 601 g/mol. The van der Waals surface area contributed by atoms with E-state index in [2.05, 4.69) is 63.9 Å². The first-order valence-electron chi connectivity index (χ1n) is 11.5. The van der Waals surface area contributed by atoms with E-state index in [1.807, 2.05) is 0 Å². The van der Waals surface area contributed by atoms with E-state index in [0.29, 0.717) is 33.8 Å². The Morgan fingerprint density at radius 2 is 1.26 bits per heavy atom. The minimum atomic E-state index is -0.481. The topological polar surface area (TPSA) is 222 Å². The van der Waals surface area contributed by atoms with Crippen molar-refractivity contribution in [2.24, 2.45) is 10.9 Å². The second kappa shape index (κ2) is 12.2. The van der Waals surface area contributed by atoms with Gasteiger partial charge in [-0.2, -0.15) is 0 Å². The number of hydrogen-bond donors (Lipinski definition) is 9. The van der Waals surface area contributed by atoms with Crippen molar-refractivity contribution < 1.29 is 24.4 Å². The van der Waals surface area contributed by atoms with E-state index in [1.54, 1.807) is 20.8 Å². The zero-order valence-electron chi connectivity index (χ0n) is 21.3. The number of H-pyrrole nitrogens is 3. The molecule has 0 saturated carbocycles. The lowest BCUT2D eigenvalue weighted by atomic mass is 10.2. The van der Waals surface area contributed by atoms with E-state index < -0.39 is 23.6 Å². The summed E-state index contributed by atoms with van der Waals surface area (Å²) in [5, 5.41) is 22.2. The van der Waals surface area contributed by atoms with Crippen LogP contribution in [-0.2, 0) is 4.79 Å². The average Bonchev–Trinajstić information content (AvgIpc) is 3.56. The molecule has 0 atom stereocenters. The van der Waals surface area contributed by atoms with E-state index in [1.165, 1.54) is 18.6 Å². The first kappa shape index (κ1) is 28.8. The molecule has 0 saturated heterocycles. The highest BCUT2D eigenvalue weighted by Gasteiger charge is 2.21. The van der Waals surface area contributed by atoms with Gasteiger partial charge in [0.15, 0.2) is 0 Å². The zero-order valence-corrected chi connectivity index (χ0v) is 22.9. The van der Waals surface area contributed by atoms with E-state index in [-0.39, 0.29) is 40.4 Å². The fourth-order valence-electron chi connectivity index (χ4n) is 3.59. The Bertz CT molecular complexity index is 1480. The molecule has 3 aromatic heterocycles. The van der Waals surface area contributed by atoms with Gasteiger partial charge in [0, 0.05) is 48.2 Å². The summed E-state index contributed by atoms with van der Waals surface area (Å²) in [7, 11) is 0. The summed E-state index contributed by atoms with van der Waals surface area (Å²) < 4.78 is 0.146. The fraction of sp³-hybridized carbons (Fsp3) is 0.208. The van der Waals surface area contributed by atoms with Crippen LogP contribution in [0.5, 0.6) is 0 Å². The van der Waals surface area contributed by atoms with Crippen molar-refractivity contribution in [3.05, 3.63) is 63.4 Å². The maximum Gasteiger partial charge on any atom is 0.272 e. The van der Waals surface area contributed by atoms with Crippen molar-refractivity contribution in [1.82, 2.24) is 20.3 Å². The minimum Gasteiger partial charge on any atom is -0.409 e. The molecule has 0 aliphatic heterocycles. The first-order valence-corrected chi connectivity index (χ1v) is 12.3. The van der Waals surface area contributed by atoms with Crippen molar-refractivity contribution in [1.29, 1.82) is 0 Å². The predicted molar refractivity (Wildman–Crippen MR) is 150 cm³/mol. The molecule has 0 spiro atoms. The van der Waals surface area contributed by atoms with Gasteiger partial charge in [-0.05, 0) is 36.7 Å². The number of oxime groups is 1. The quantitative estimate of drug-likeness (QED) is 0.0558. The Kier molecular flexibility index (Phi) is 8.98. The third kappa shape index (κ3) is 6.56. The van der Waals surface area contributed by atoms with Gasteiger partial charge < -0.3 is 47.2 Å². The molecule has 0 radical (unpaired) electrons. The fourth-order valence-corrected chi connectivity index (χ4v) is 3.68. The number of nitrogens with two attached hydrogens (primary N) is 1. The lowest BCUT2D eigenvalue weighted by Gasteiger charge is -2.07. The summed E-state index contributed by atoms with van der Waals surface area (Å²) in [5.74, 6) is -1.82. The second-order valence-electron chi connectivity index (χ2n) is 8.47. The standard InChI is InChI=1S/C24H28BrN9O5/c1-10-15(8-28-18(10)22(36)27-6-5-17(26)34-39)32-24(38)20-12(3)16(9-30-20)33-23(37)19-11(2)14(7-29-19)31-21(35)13(4)25/h7-9,28-30,39H,4-6H2,1-3H3,(H2,26,34)(H,27,36)(H,31,35)(H,32,38)(H,33,37). The summed E-state index contributed by atoms with van der Waals surface area (Å²) in [5.41, 5.74) is 8.81. The number of anilines is 3. The molecular weight excluding hydrogens is 574 g/mol. The highest BCUT2D eigenvalue weighted by Crippen LogP contribution is 2.25. The van der Waals surface area contributed by atoms with E-state index in [4.69, 9.17) is 10.9 Å². The van der Waals surface area contributed by atoms with Crippen LogP contribution in [0, 0.1) is 20.8 Å². The maximum absolute atomic E-state index is 13.0. The van der Waals surface area contributed by atoms with Crippen LogP contribution in [0.2, 0.25) is 0 Å². The molecule has 39 heavy (non-hydrogen) atoms. The van der Waals surface area contributed by atoms with Crippen LogP contribution >= 0.6 is 15.9 Å². The van der Waals surface area contributed by atoms with E-state index in [9.17, 15) is 19.2 Å². The van der Waals surface area contributed by atoms with Gasteiger partial charge in [-0.1, -0.05) is 11.7 Å². The number of halogens is 1. The molecule has 0 unspecified atom stereocenters. The maximum atomic E-state index is 13.0. The molecular formula is C24H28BrN9O5. The highest BCUT2D eigenvalue weighted by atomic mass is 79.9. The first-order chi connectivity index (χ1) is 18.4. The molecule has 14 nitrogen and oxygen atoms in total. The Hall–Kier alpha value is -4.79. The van der Waals surface area contributed by atoms with Crippen LogP contribution in [0.4, 0.5) is 17.1 Å². The van der Waals surface area contributed by atoms with Crippen LogP contribution in [0.3, 0.4) is 0 Å². The lowest BCUT2D eigenvalue weighted by molar-refractivity contribution is -0.112. The average molecular weight is 602 g/mol. The SMILES string of the molecule is C=C(Br)C(=O)Nc1c[nH]c(C(=O)Nc2c[nH]c(C(=O)Nc3c[nH]c(C(=O)NCCC(N)=NO)c3C)c2C)c1C. The van der Waals surface area contributed by atoms with Gasteiger partial charge in [0.1, 0.15) is 22.9 Å². The molecule has 0 aliphatic rings. The number of amidine groups is 1. The Morgan fingerprint density at radius 1 is 0.846 bits per heavy atom. The highest BCUT2D eigenvalue weighted by molar-refractivity contribution is 9.12. The molecule has 15 heteroatoms. The molecule has 0 fully saturated rings. The normalized spacial score (nSPS) is 11.1. The van der Waals surface area contributed by atoms with Crippen LogP contribution in [0.25, 0.3) is 0 Å². The van der Waals surface area contributed by atoms with Gasteiger partial charge in [0.05, 0.1) is 21.5 Å². The summed E-state index contributed by atoms with van der Waals surface area (Å²) in [6, 6.07) is 0. The van der Waals surface area contributed by atoms with E-state index >= 15 is 0 Å². The number of carbonyl (C=O) groups is 4. The number of amides is 4. The van der Waals surface area contributed by atoms with Crippen LogP contribution in [-0.4, -0.2) is 56.2 Å². The van der Waals surface area contributed by atoms with Gasteiger partial charge in [0.25, 0.3) is 23.6 Å². The van der Waals surface area contributed by atoms with Crippen molar-refractivity contribution in [3.63, 3.8) is 0 Å². The summed E-state index contributed by atoms with van der Waals surface area (Å²) in [4.78, 5) is 58.6. The van der Waals surface area contributed by atoms with Crippen molar-refractivity contribution in [2.45, 2.75) is 27.2 Å². The number of nitrogens with one attached hydrogen (secondary N) is 7. The number of hydrogen-bond acceptors (Lipinski definition) is 6. The van der Waals surface area contributed by atoms with Crippen LogP contribution in [0.15, 0.2) is 34.8 Å². The Morgan fingerprint density at radius 3 is 1.67 bits per heavy atom. The van der Waals surface area contributed by atoms with Crippen LogP contribution < -0.4 is 27.0 Å². The Labute approximate surface area is 231 Å². The number of aromatic nitrogens is 3. The van der Waals surface area contributed by atoms with Crippen molar-refractivity contribution in [2.75, 3.05) is 22.5 Å². The minimum absolute atomic E-state index is 0.0125. The van der Waals surface area contributed by atoms with Gasteiger partial charge >= 0.3 is 0 Å². The molecule has 0 aromatic carbocycles. The number of carbonyl (C=O) groups excluding carboxylic acids is 4. The molecule has 10 N–H and O–H groups in total. The van der Waals surface area contributed by atoms with E-state index in [0.717, 1.165) is 0 Å². The van der Waals surface area contributed by atoms with Gasteiger partial charge in [-0.25, -0.2) is 0 Å². The summed E-state index contributed by atoms with van der Waals surface area (Å²) >= 11 is 3.01. The predicted octanol–water partition coefficient (Wildman–Crippen LogP) is 2.81. The van der Waals surface area contributed by atoms with Crippen molar-refractivity contribution in [3.8, 4) is 0 Å². The number of nitrogens with zero attached hydrogens (tertiary/aromatic N) is 1. The zero-order chi connectivity index (χ0) is 28.9. The van der Waals surface area contributed by atoms with Gasteiger partial charge in [0.2, 0.25) is 0 Å². The lowest BCUT2D eigenvalue weighted by Crippen LogP contribution is -2.28. The van der Waals surface area contributed by atoms with Gasteiger partial charge in [-0.3, -0.25) is 19.2 Å². The van der Waals surface area contributed by atoms with Crippen LogP contribution in [0.1, 0.15) is 54.6 Å². The van der Waals surface area contributed by atoms with Crippen molar-refractivity contribution >= 4 is 62.5 Å². The molecule has 3 aromatic rings. The molecule has 206 valence electrons. The molecule has 0 aliphatic carbocycles. The third-order valence-corrected chi connectivity index (χ3v) is 6.25. The largest absolute Gasteiger partial charge is 0.409 e. The number of rotatable bonds is 10. The third-order valence-electron chi connectivity index (χ3n) is 5.89.